The third-order valence-electron chi connectivity index (χ3n) is 5.68. The molecule has 4 aromatic rings. The molecule has 1 N–H and O–H groups in total. The topological polar surface area (TPSA) is 73.1 Å². The van der Waals surface area contributed by atoms with E-state index in [-0.39, 0.29) is 6.10 Å². The van der Waals surface area contributed by atoms with Crippen molar-refractivity contribution < 1.29 is 9.84 Å². The van der Waals surface area contributed by atoms with Crippen molar-refractivity contribution >= 4 is 21.6 Å². The van der Waals surface area contributed by atoms with Crippen molar-refractivity contribution in [1.82, 2.24) is 19.7 Å². The molecular formula is C23H24N4O2S. The zero-order valence-corrected chi connectivity index (χ0v) is 17.7. The second kappa shape index (κ2) is 8.16. The maximum absolute atomic E-state index is 10.3. The second-order valence-electron chi connectivity index (χ2n) is 7.93. The number of aliphatic hydroxyl groups is 1. The lowest BCUT2D eigenvalue weighted by molar-refractivity contribution is 0.0700. The van der Waals surface area contributed by atoms with E-state index in [2.05, 4.69) is 10.1 Å². The summed E-state index contributed by atoms with van der Waals surface area (Å²) < 4.78 is 8.97. The third kappa shape index (κ3) is 4.08. The van der Waals surface area contributed by atoms with Gasteiger partial charge in [-0.3, -0.25) is 9.67 Å². The predicted octanol–water partition coefficient (Wildman–Crippen LogP) is 4.98. The van der Waals surface area contributed by atoms with Crippen molar-refractivity contribution in [2.24, 2.45) is 13.0 Å². The Bertz CT molecular complexity index is 1170. The highest BCUT2D eigenvalue weighted by Crippen LogP contribution is 2.33. The molecule has 0 amide bonds. The number of hydrogen-bond acceptors (Lipinski definition) is 6. The van der Waals surface area contributed by atoms with Crippen molar-refractivity contribution in [1.29, 1.82) is 0 Å². The molecule has 0 saturated heterocycles. The highest BCUT2D eigenvalue weighted by atomic mass is 32.1. The fourth-order valence-corrected chi connectivity index (χ4v) is 5.16. The summed E-state index contributed by atoms with van der Waals surface area (Å²) in [6.07, 6.45) is 10.5. The molecule has 1 unspecified atom stereocenters. The molecule has 1 fully saturated rings. The van der Waals surface area contributed by atoms with Crippen molar-refractivity contribution in [3.05, 3.63) is 53.9 Å². The van der Waals surface area contributed by atoms with Gasteiger partial charge in [0.05, 0.1) is 33.2 Å². The van der Waals surface area contributed by atoms with Gasteiger partial charge in [-0.2, -0.15) is 5.10 Å². The zero-order valence-electron chi connectivity index (χ0n) is 16.9. The van der Waals surface area contributed by atoms with Gasteiger partial charge >= 0.3 is 0 Å². The van der Waals surface area contributed by atoms with Crippen molar-refractivity contribution in [3.8, 4) is 22.8 Å². The molecule has 5 rings (SSSR count). The summed E-state index contributed by atoms with van der Waals surface area (Å²) in [7, 11) is 1.89. The fraction of sp³-hybridized carbons (Fsp3) is 0.348. The summed E-state index contributed by atoms with van der Waals surface area (Å²) in [5.74, 6) is 1.84. The number of aryl methyl sites for hydroxylation is 1. The van der Waals surface area contributed by atoms with Gasteiger partial charge in [-0.05, 0) is 37.0 Å². The standard InChI is InChI=1S/C23H24N4O2S/c1-27-14-16(13-25-27)20-11-18(8-9-24-20)29-17-6-7-19-22(12-17)30-23(26-19)10-15-4-2-3-5-21(15)28/h6-9,11-15,21,28H,2-5,10H2,1H3/t15?,21-/m1/s1. The highest BCUT2D eigenvalue weighted by Gasteiger charge is 2.24. The Labute approximate surface area is 179 Å². The van der Waals surface area contributed by atoms with Crippen LogP contribution in [0.3, 0.4) is 0 Å². The fourth-order valence-electron chi connectivity index (χ4n) is 4.08. The van der Waals surface area contributed by atoms with Gasteiger partial charge in [0, 0.05) is 43.6 Å². The number of pyridine rings is 1. The van der Waals surface area contributed by atoms with Crippen LogP contribution in [-0.4, -0.2) is 31.0 Å². The minimum Gasteiger partial charge on any atom is -0.457 e. The van der Waals surface area contributed by atoms with E-state index in [1.807, 2.05) is 43.6 Å². The van der Waals surface area contributed by atoms with Crippen LogP contribution in [0.1, 0.15) is 30.7 Å². The third-order valence-corrected chi connectivity index (χ3v) is 6.72. The number of fused-ring (bicyclic) bond motifs is 1. The quantitative estimate of drug-likeness (QED) is 0.493. The molecule has 1 saturated carbocycles. The molecule has 154 valence electrons. The van der Waals surface area contributed by atoms with Crippen molar-refractivity contribution in [2.75, 3.05) is 0 Å². The molecule has 0 spiro atoms. The molecule has 0 radical (unpaired) electrons. The molecule has 1 aliphatic carbocycles. The monoisotopic (exact) mass is 420 g/mol. The van der Waals surface area contributed by atoms with Gasteiger partial charge < -0.3 is 9.84 Å². The van der Waals surface area contributed by atoms with Crippen LogP contribution in [0.15, 0.2) is 48.9 Å². The number of thiazole rings is 1. The van der Waals surface area contributed by atoms with E-state index in [9.17, 15) is 5.11 Å². The Hall–Kier alpha value is -2.77. The van der Waals surface area contributed by atoms with Crippen molar-refractivity contribution in [3.63, 3.8) is 0 Å². The Kier molecular flexibility index (Phi) is 5.23. The van der Waals surface area contributed by atoms with E-state index in [0.29, 0.717) is 5.92 Å². The number of ether oxygens (including phenoxy) is 1. The minimum atomic E-state index is -0.189. The summed E-state index contributed by atoms with van der Waals surface area (Å²) in [5.41, 5.74) is 2.77. The van der Waals surface area contributed by atoms with Gasteiger partial charge in [0.1, 0.15) is 11.5 Å². The van der Waals surface area contributed by atoms with Crippen LogP contribution >= 0.6 is 11.3 Å². The SMILES string of the molecule is Cn1cc(-c2cc(Oc3ccc4nc(CC5CCCC[C@H]5O)sc4c3)ccn2)cn1. The first-order valence-corrected chi connectivity index (χ1v) is 11.2. The molecule has 3 aromatic heterocycles. The minimum absolute atomic E-state index is 0.189. The summed E-state index contributed by atoms with van der Waals surface area (Å²) in [5, 5.41) is 15.6. The maximum atomic E-state index is 10.3. The Morgan fingerprint density at radius 2 is 2.03 bits per heavy atom. The lowest BCUT2D eigenvalue weighted by Crippen LogP contribution is -2.26. The van der Waals surface area contributed by atoms with Gasteiger partial charge in [-0.1, -0.05) is 12.8 Å². The summed E-state index contributed by atoms with van der Waals surface area (Å²) in [4.78, 5) is 9.20. The Morgan fingerprint density at radius 3 is 2.87 bits per heavy atom. The van der Waals surface area contributed by atoms with Crippen LogP contribution in [0.5, 0.6) is 11.5 Å². The van der Waals surface area contributed by atoms with Gasteiger partial charge in [0.2, 0.25) is 0 Å². The average Bonchev–Trinajstić information content (AvgIpc) is 3.35. The number of aromatic nitrogens is 4. The van der Waals surface area contributed by atoms with Crippen LogP contribution < -0.4 is 4.74 Å². The summed E-state index contributed by atoms with van der Waals surface area (Å²) >= 11 is 1.69. The zero-order chi connectivity index (χ0) is 20.5. The van der Waals surface area contributed by atoms with Gasteiger partial charge in [0.15, 0.2) is 0 Å². The lowest BCUT2D eigenvalue weighted by atomic mass is 9.84. The normalized spacial score (nSPS) is 19.3. The van der Waals surface area contributed by atoms with E-state index >= 15 is 0 Å². The molecule has 1 aliphatic rings. The Balaban J connectivity index is 1.34. The molecule has 0 bridgehead atoms. The van der Waals surface area contributed by atoms with E-state index in [1.165, 1.54) is 6.42 Å². The average molecular weight is 421 g/mol. The van der Waals surface area contributed by atoms with Crippen molar-refractivity contribution in [2.45, 2.75) is 38.2 Å². The number of nitrogens with zero attached hydrogens (tertiary/aromatic N) is 4. The number of hydrogen-bond donors (Lipinski definition) is 1. The molecule has 1 aromatic carbocycles. The second-order valence-corrected chi connectivity index (χ2v) is 9.05. The van der Waals surface area contributed by atoms with Crippen LogP contribution in [0.4, 0.5) is 0 Å². The smallest absolute Gasteiger partial charge is 0.131 e. The van der Waals surface area contributed by atoms with Crippen LogP contribution in [0.2, 0.25) is 0 Å². The van der Waals surface area contributed by atoms with E-state index in [4.69, 9.17) is 9.72 Å². The largest absolute Gasteiger partial charge is 0.457 e. The maximum Gasteiger partial charge on any atom is 0.131 e. The van der Waals surface area contributed by atoms with E-state index in [1.54, 1.807) is 28.4 Å². The van der Waals surface area contributed by atoms with Crippen LogP contribution in [-0.2, 0) is 13.5 Å². The Morgan fingerprint density at radius 1 is 1.17 bits per heavy atom. The summed E-state index contributed by atoms with van der Waals surface area (Å²) in [6.45, 7) is 0. The van der Waals surface area contributed by atoms with E-state index in [0.717, 1.165) is 63.7 Å². The highest BCUT2D eigenvalue weighted by molar-refractivity contribution is 7.18. The number of benzene rings is 1. The predicted molar refractivity (Wildman–Crippen MR) is 118 cm³/mol. The number of rotatable bonds is 5. The first-order chi connectivity index (χ1) is 14.6. The first kappa shape index (κ1) is 19.2. The van der Waals surface area contributed by atoms with Gasteiger partial charge in [0.25, 0.3) is 0 Å². The lowest BCUT2D eigenvalue weighted by Gasteiger charge is -2.26. The van der Waals surface area contributed by atoms with Gasteiger partial charge in [-0.25, -0.2) is 4.98 Å². The van der Waals surface area contributed by atoms with Gasteiger partial charge in [-0.15, -0.1) is 11.3 Å². The molecule has 6 nitrogen and oxygen atoms in total. The molecular weight excluding hydrogens is 396 g/mol. The number of aliphatic hydroxyl groups excluding tert-OH is 1. The molecule has 2 atom stereocenters. The molecule has 0 aliphatic heterocycles. The summed E-state index contributed by atoms with van der Waals surface area (Å²) in [6, 6.07) is 9.77. The van der Waals surface area contributed by atoms with E-state index < -0.39 is 0 Å². The molecule has 7 heteroatoms. The first-order valence-electron chi connectivity index (χ1n) is 10.3. The molecule has 3 heterocycles. The van der Waals surface area contributed by atoms with Crippen LogP contribution in [0.25, 0.3) is 21.5 Å². The van der Waals surface area contributed by atoms with Crippen LogP contribution in [0, 0.1) is 5.92 Å². The molecule has 30 heavy (non-hydrogen) atoms.